The fourth-order valence-electron chi connectivity index (χ4n) is 10.2. The predicted octanol–water partition coefficient (Wildman–Crippen LogP) is 24.2. The highest BCUT2D eigenvalue weighted by atomic mass is 16.6. The summed E-state index contributed by atoms with van der Waals surface area (Å²) < 4.78 is 16.8. The van der Waals surface area contributed by atoms with Crippen LogP contribution >= 0.6 is 0 Å². The third kappa shape index (κ3) is 67.3. The van der Waals surface area contributed by atoms with Gasteiger partial charge in [0.2, 0.25) is 0 Å². The van der Waals surface area contributed by atoms with E-state index < -0.39 is 6.10 Å². The molecule has 0 aromatic carbocycles. The zero-order valence-corrected chi connectivity index (χ0v) is 53.8. The molecule has 0 aromatic rings. The highest BCUT2D eigenvalue weighted by molar-refractivity contribution is 5.71. The van der Waals surface area contributed by atoms with E-state index in [9.17, 15) is 14.4 Å². The Balaban J connectivity index is 4.00. The Morgan fingerprint density at radius 2 is 0.481 bits per heavy atom. The zero-order chi connectivity index (χ0) is 58.5. The summed E-state index contributed by atoms with van der Waals surface area (Å²) in [5.41, 5.74) is 0. The average Bonchev–Trinajstić information content (AvgIpc) is 3.47. The third-order valence-electron chi connectivity index (χ3n) is 15.4. The minimum Gasteiger partial charge on any atom is -0.462 e. The Kier molecular flexibility index (Phi) is 66.2. The summed E-state index contributed by atoms with van der Waals surface area (Å²) >= 11 is 0. The fraction of sp³-hybridized carbons (Fsp3) is 0.773. The highest BCUT2D eigenvalue weighted by Gasteiger charge is 2.19. The molecule has 0 heterocycles. The van der Waals surface area contributed by atoms with Crippen LogP contribution in [0.15, 0.2) is 85.1 Å². The summed E-state index contributed by atoms with van der Waals surface area (Å²) in [7, 11) is 0. The molecule has 0 rings (SSSR count). The van der Waals surface area contributed by atoms with Crippen molar-refractivity contribution in [2.24, 2.45) is 0 Å². The van der Waals surface area contributed by atoms with Gasteiger partial charge in [-0.25, -0.2) is 0 Å². The fourth-order valence-corrected chi connectivity index (χ4v) is 10.2. The van der Waals surface area contributed by atoms with Crippen LogP contribution in [0.1, 0.15) is 355 Å². The van der Waals surface area contributed by atoms with Gasteiger partial charge < -0.3 is 14.2 Å². The van der Waals surface area contributed by atoms with E-state index in [0.717, 1.165) is 116 Å². The Morgan fingerprint density at radius 3 is 0.753 bits per heavy atom. The zero-order valence-electron chi connectivity index (χ0n) is 53.8. The molecule has 0 saturated heterocycles. The molecule has 0 aliphatic rings. The number of allylic oxidation sites excluding steroid dienone is 14. The van der Waals surface area contributed by atoms with Gasteiger partial charge in [-0.1, -0.05) is 324 Å². The van der Waals surface area contributed by atoms with Crippen LogP contribution in [0.5, 0.6) is 0 Å². The van der Waals surface area contributed by atoms with Gasteiger partial charge in [0, 0.05) is 19.3 Å². The van der Waals surface area contributed by atoms with Crippen LogP contribution in [0.4, 0.5) is 0 Å². The molecule has 1 atom stereocenters. The Bertz CT molecular complexity index is 1530. The van der Waals surface area contributed by atoms with E-state index in [2.05, 4.69) is 106 Å². The molecule has 6 nitrogen and oxygen atoms in total. The number of unbranched alkanes of at least 4 members (excludes halogenated alkanes) is 39. The highest BCUT2D eigenvalue weighted by Crippen LogP contribution is 2.18. The number of hydrogen-bond donors (Lipinski definition) is 0. The standard InChI is InChI=1S/C75H132O6/c1-4-7-10-13-16-18-20-22-24-26-28-30-31-32-33-34-35-36-37-38-39-40-41-42-43-45-46-48-50-52-54-56-59-62-65-68-74(77)80-71-72(70-79-73(76)67-64-61-58-15-12-9-6-3)81-75(78)69-66-63-60-57-55-53-51-49-47-44-29-27-25-23-21-19-17-14-11-8-5-2/h8,11,17,19-20,22-23,25-26,28-29,44,49,51,72H,4-7,9-10,12-16,18,21,24,27,30-43,45-48,50,52-71H2,1-3H3/b11-8-,19-17-,22-20-,25-23-,28-26-,44-29-,51-49-. The van der Waals surface area contributed by atoms with Gasteiger partial charge in [0.25, 0.3) is 0 Å². The molecule has 0 amide bonds. The van der Waals surface area contributed by atoms with Crippen molar-refractivity contribution in [3.63, 3.8) is 0 Å². The van der Waals surface area contributed by atoms with E-state index >= 15 is 0 Å². The number of hydrogen-bond acceptors (Lipinski definition) is 6. The van der Waals surface area contributed by atoms with Crippen molar-refractivity contribution in [3.05, 3.63) is 85.1 Å². The summed E-state index contributed by atoms with van der Waals surface area (Å²) in [4.78, 5) is 38.1. The smallest absolute Gasteiger partial charge is 0.306 e. The molecule has 0 fully saturated rings. The Labute approximate surface area is 503 Å². The van der Waals surface area contributed by atoms with Crippen molar-refractivity contribution in [3.8, 4) is 0 Å². The molecule has 0 aliphatic heterocycles. The van der Waals surface area contributed by atoms with E-state index in [1.807, 2.05) is 0 Å². The second kappa shape index (κ2) is 69.1. The van der Waals surface area contributed by atoms with Gasteiger partial charge in [0.05, 0.1) is 0 Å². The molecule has 468 valence electrons. The largest absolute Gasteiger partial charge is 0.462 e. The van der Waals surface area contributed by atoms with Gasteiger partial charge in [-0.05, 0) is 96.3 Å². The predicted molar refractivity (Wildman–Crippen MR) is 353 cm³/mol. The molecule has 0 saturated carbocycles. The molecule has 0 aliphatic carbocycles. The quantitative estimate of drug-likeness (QED) is 0.0261. The van der Waals surface area contributed by atoms with Crippen LogP contribution < -0.4 is 0 Å². The molecule has 0 spiro atoms. The molecule has 6 heteroatoms. The van der Waals surface area contributed by atoms with Crippen molar-refractivity contribution in [2.45, 2.75) is 361 Å². The van der Waals surface area contributed by atoms with Crippen molar-refractivity contribution in [1.29, 1.82) is 0 Å². The lowest BCUT2D eigenvalue weighted by Crippen LogP contribution is -2.30. The molecule has 0 radical (unpaired) electrons. The van der Waals surface area contributed by atoms with Gasteiger partial charge in [0.1, 0.15) is 13.2 Å². The van der Waals surface area contributed by atoms with Crippen LogP contribution in [0, 0.1) is 0 Å². The van der Waals surface area contributed by atoms with Crippen molar-refractivity contribution < 1.29 is 28.6 Å². The number of rotatable bonds is 64. The Hall–Kier alpha value is -3.41. The Morgan fingerprint density at radius 1 is 0.259 bits per heavy atom. The van der Waals surface area contributed by atoms with Gasteiger partial charge in [0.15, 0.2) is 6.10 Å². The summed E-state index contributed by atoms with van der Waals surface area (Å²) in [5.74, 6) is -0.892. The van der Waals surface area contributed by atoms with Gasteiger partial charge >= 0.3 is 17.9 Å². The molecule has 0 bridgehead atoms. The van der Waals surface area contributed by atoms with E-state index in [1.165, 1.54) is 199 Å². The van der Waals surface area contributed by atoms with Crippen molar-refractivity contribution in [2.75, 3.05) is 13.2 Å². The monoisotopic (exact) mass is 1130 g/mol. The maximum Gasteiger partial charge on any atom is 0.306 e. The SMILES string of the molecule is CC/C=C\C/C=C\C/C=C\C/C=C\C/C=C\CCCCCCCC(=O)OC(COC(=O)CCCCCCCCC)COC(=O)CCCCCCCCCCCCCCCCCCCCCCCCC/C=C\C/C=C\CCCCCCC. The molecule has 81 heavy (non-hydrogen) atoms. The summed E-state index contributed by atoms with van der Waals surface area (Å²) in [6.45, 7) is 6.49. The normalized spacial score (nSPS) is 12.6. The van der Waals surface area contributed by atoms with E-state index in [0.29, 0.717) is 19.3 Å². The second-order valence-corrected chi connectivity index (χ2v) is 23.4. The lowest BCUT2D eigenvalue weighted by atomic mass is 10.0. The van der Waals surface area contributed by atoms with Crippen LogP contribution in [0.25, 0.3) is 0 Å². The van der Waals surface area contributed by atoms with Gasteiger partial charge in [-0.15, -0.1) is 0 Å². The molecule has 0 aromatic heterocycles. The lowest BCUT2D eigenvalue weighted by Gasteiger charge is -2.18. The maximum absolute atomic E-state index is 12.9. The molecular weight excluding hydrogens is 997 g/mol. The van der Waals surface area contributed by atoms with Crippen LogP contribution in [-0.2, 0) is 28.6 Å². The summed E-state index contributed by atoms with van der Waals surface area (Å²) in [6, 6.07) is 0. The van der Waals surface area contributed by atoms with Crippen LogP contribution in [0.3, 0.4) is 0 Å². The van der Waals surface area contributed by atoms with Crippen LogP contribution in [0.2, 0.25) is 0 Å². The first-order valence-corrected chi connectivity index (χ1v) is 35.1. The first kappa shape index (κ1) is 77.6. The number of carbonyl (C=O) groups is 3. The first-order chi connectivity index (χ1) is 40.0. The van der Waals surface area contributed by atoms with Crippen molar-refractivity contribution in [1.82, 2.24) is 0 Å². The molecular formula is C75H132O6. The topological polar surface area (TPSA) is 78.9 Å². The summed E-state index contributed by atoms with van der Waals surface area (Å²) in [5, 5.41) is 0. The van der Waals surface area contributed by atoms with Gasteiger partial charge in [-0.3, -0.25) is 14.4 Å². The number of esters is 3. The number of carbonyl (C=O) groups excluding carboxylic acids is 3. The van der Waals surface area contributed by atoms with E-state index in [4.69, 9.17) is 14.2 Å². The average molecular weight is 1130 g/mol. The van der Waals surface area contributed by atoms with Crippen LogP contribution in [-0.4, -0.2) is 37.2 Å². The molecule has 0 N–H and O–H groups in total. The maximum atomic E-state index is 12.9. The minimum atomic E-state index is -0.784. The number of ether oxygens (including phenoxy) is 3. The van der Waals surface area contributed by atoms with E-state index in [1.54, 1.807) is 0 Å². The van der Waals surface area contributed by atoms with Gasteiger partial charge in [-0.2, -0.15) is 0 Å². The summed E-state index contributed by atoms with van der Waals surface area (Å²) in [6.07, 6.45) is 92.3. The first-order valence-electron chi connectivity index (χ1n) is 35.1. The minimum absolute atomic E-state index is 0.0807. The van der Waals surface area contributed by atoms with E-state index in [-0.39, 0.29) is 31.1 Å². The van der Waals surface area contributed by atoms with Crippen molar-refractivity contribution >= 4 is 17.9 Å². The molecule has 1 unspecified atom stereocenters. The second-order valence-electron chi connectivity index (χ2n) is 23.4. The third-order valence-corrected chi connectivity index (χ3v) is 15.4. The lowest BCUT2D eigenvalue weighted by molar-refractivity contribution is -0.167.